The van der Waals surface area contributed by atoms with E-state index in [2.05, 4.69) is 0 Å². The van der Waals surface area contributed by atoms with Crippen LogP contribution >= 0.6 is 0 Å². The van der Waals surface area contributed by atoms with Gasteiger partial charge in [-0.15, -0.1) is 0 Å². The average Bonchev–Trinajstić information content (AvgIpc) is 3.09. The quantitative estimate of drug-likeness (QED) is 0.570. The highest BCUT2D eigenvalue weighted by molar-refractivity contribution is 7.92. The monoisotopic (exact) mass is 421 g/mol. The molecule has 1 aliphatic rings. The van der Waals surface area contributed by atoms with Gasteiger partial charge in [0.05, 0.1) is 16.1 Å². The zero-order valence-corrected chi connectivity index (χ0v) is 17.7. The second-order valence-electron chi connectivity index (χ2n) is 7.57. The number of hydrogen-bond acceptors (Lipinski definition) is 4. The van der Waals surface area contributed by atoms with Gasteiger partial charge in [0, 0.05) is 6.04 Å². The summed E-state index contributed by atoms with van der Waals surface area (Å²) in [5.41, 5.74) is 3.91. The number of benzene rings is 3. The molecular formula is C24H23NO4S. The Morgan fingerprint density at radius 3 is 2.53 bits per heavy atom. The number of carbonyl (C=O) groups excluding carboxylic acids is 1. The van der Waals surface area contributed by atoms with Crippen molar-refractivity contribution in [2.24, 2.45) is 0 Å². The normalized spacial score (nSPS) is 15.7. The minimum absolute atomic E-state index is 0.0795. The van der Waals surface area contributed by atoms with E-state index in [-0.39, 0.29) is 23.1 Å². The Kier molecular flexibility index (Phi) is 5.35. The van der Waals surface area contributed by atoms with Gasteiger partial charge in [0.25, 0.3) is 10.0 Å². The number of sulfonamides is 1. The van der Waals surface area contributed by atoms with Gasteiger partial charge in [-0.05, 0) is 55.7 Å². The number of fused-ring (bicyclic) bond motifs is 1. The second kappa shape index (κ2) is 7.95. The molecule has 30 heavy (non-hydrogen) atoms. The largest absolute Gasteiger partial charge is 0.457 e. The average molecular weight is 422 g/mol. The molecule has 0 saturated carbocycles. The van der Waals surface area contributed by atoms with Crippen LogP contribution in [0.15, 0.2) is 77.7 Å². The molecule has 0 saturated heterocycles. The molecule has 154 valence electrons. The lowest BCUT2D eigenvalue weighted by Crippen LogP contribution is -2.35. The van der Waals surface area contributed by atoms with E-state index in [1.807, 2.05) is 62.4 Å². The molecule has 1 heterocycles. The van der Waals surface area contributed by atoms with Crippen molar-refractivity contribution in [3.05, 3.63) is 95.1 Å². The number of anilines is 1. The maximum atomic E-state index is 13.4. The highest BCUT2D eigenvalue weighted by Crippen LogP contribution is 2.36. The van der Waals surface area contributed by atoms with Crippen LogP contribution in [0.2, 0.25) is 0 Å². The molecule has 0 aromatic heterocycles. The summed E-state index contributed by atoms with van der Waals surface area (Å²) in [5.74, 6) is -0.553. The van der Waals surface area contributed by atoms with E-state index in [1.165, 1.54) is 16.4 Å². The van der Waals surface area contributed by atoms with E-state index in [0.29, 0.717) is 12.1 Å². The molecule has 5 nitrogen and oxygen atoms in total. The first kappa shape index (κ1) is 20.2. The standard InChI is InChI=1S/C24H23NO4S/c1-17-10-12-19(13-11-17)16-29-24(26)21-7-5-8-22(15-21)30(27,28)25-18(2)14-20-6-3-4-9-23(20)25/h3-13,15,18H,14,16H2,1-2H3/t18-/m0/s1. The molecule has 0 unspecified atom stereocenters. The van der Waals surface area contributed by atoms with Gasteiger partial charge in [-0.3, -0.25) is 4.31 Å². The van der Waals surface area contributed by atoms with E-state index in [0.717, 1.165) is 16.7 Å². The summed E-state index contributed by atoms with van der Waals surface area (Å²) in [6.45, 7) is 4.01. The van der Waals surface area contributed by atoms with Gasteiger partial charge in [-0.2, -0.15) is 0 Å². The fourth-order valence-corrected chi connectivity index (χ4v) is 5.46. The summed E-state index contributed by atoms with van der Waals surface area (Å²) in [6, 6.07) is 21.0. The smallest absolute Gasteiger partial charge is 0.338 e. The van der Waals surface area contributed by atoms with E-state index >= 15 is 0 Å². The van der Waals surface area contributed by atoms with Crippen LogP contribution in [0.3, 0.4) is 0 Å². The van der Waals surface area contributed by atoms with Crippen molar-refractivity contribution in [2.45, 2.75) is 37.8 Å². The predicted molar refractivity (Wildman–Crippen MR) is 116 cm³/mol. The van der Waals surface area contributed by atoms with Crippen LogP contribution in [0, 0.1) is 6.92 Å². The third-order valence-electron chi connectivity index (χ3n) is 5.26. The molecule has 0 aliphatic carbocycles. The summed E-state index contributed by atoms with van der Waals surface area (Å²) >= 11 is 0. The van der Waals surface area contributed by atoms with Crippen LogP contribution in [0.5, 0.6) is 0 Å². The van der Waals surface area contributed by atoms with Crippen molar-refractivity contribution in [1.29, 1.82) is 0 Å². The van der Waals surface area contributed by atoms with E-state index < -0.39 is 16.0 Å². The molecule has 0 bridgehead atoms. The van der Waals surface area contributed by atoms with Gasteiger partial charge >= 0.3 is 5.97 Å². The molecular weight excluding hydrogens is 398 g/mol. The van der Waals surface area contributed by atoms with E-state index in [9.17, 15) is 13.2 Å². The Hall–Kier alpha value is -3.12. The number of ether oxygens (including phenoxy) is 1. The Labute approximate surface area is 177 Å². The molecule has 6 heteroatoms. The van der Waals surface area contributed by atoms with Crippen LogP contribution in [0.1, 0.15) is 34.0 Å². The first-order chi connectivity index (χ1) is 14.4. The van der Waals surface area contributed by atoms with Crippen molar-refractivity contribution in [3.8, 4) is 0 Å². The minimum atomic E-state index is -3.80. The summed E-state index contributed by atoms with van der Waals surface area (Å²) in [4.78, 5) is 12.6. The molecule has 0 spiro atoms. The zero-order chi connectivity index (χ0) is 21.3. The maximum Gasteiger partial charge on any atom is 0.338 e. The molecule has 3 aromatic carbocycles. The van der Waals surface area contributed by atoms with Gasteiger partial charge < -0.3 is 4.74 Å². The zero-order valence-electron chi connectivity index (χ0n) is 16.9. The lowest BCUT2D eigenvalue weighted by molar-refractivity contribution is 0.0472. The molecule has 0 fully saturated rings. The Morgan fingerprint density at radius 2 is 1.77 bits per heavy atom. The molecule has 4 rings (SSSR count). The highest BCUT2D eigenvalue weighted by atomic mass is 32.2. The molecule has 0 N–H and O–H groups in total. The van der Waals surface area contributed by atoms with Crippen molar-refractivity contribution < 1.29 is 17.9 Å². The van der Waals surface area contributed by atoms with Crippen molar-refractivity contribution in [3.63, 3.8) is 0 Å². The summed E-state index contributed by atoms with van der Waals surface area (Å²) in [6.07, 6.45) is 0.660. The SMILES string of the molecule is Cc1ccc(COC(=O)c2cccc(S(=O)(=O)N3c4ccccc4C[C@@H]3C)c2)cc1. The van der Waals surface area contributed by atoms with Gasteiger partial charge in [0.15, 0.2) is 0 Å². The third-order valence-corrected chi connectivity index (χ3v) is 7.19. The molecule has 3 aromatic rings. The molecule has 1 atom stereocenters. The number of rotatable bonds is 5. The predicted octanol–water partition coefficient (Wildman–Crippen LogP) is 4.49. The number of carbonyl (C=O) groups is 1. The number of esters is 1. The summed E-state index contributed by atoms with van der Waals surface area (Å²) in [5, 5.41) is 0. The third kappa shape index (κ3) is 3.83. The first-order valence-electron chi connectivity index (χ1n) is 9.81. The van der Waals surface area contributed by atoms with Crippen LogP contribution in [-0.2, 0) is 27.8 Å². The Balaban J connectivity index is 1.57. The summed E-state index contributed by atoms with van der Waals surface area (Å²) in [7, 11) is -3.80. The van der Waals surface area contributed by atoms with Crippen molar-refractivity contribution in [2.75, 3.05) is 4.31 Å². The Bertz CT molecular complexity index is 1190. The fourth-order valence-electron chi connectivity index (χ4n) is 3.72. The van der Waals surface area contributed by atoms with Crippen LogP contribution < -0.4 is 4.31 Å². The van der Waals surface area contributed by atoms with Crippen LogP contribution in [0.4, 0.5) is 5.69 Å². The van der Waals surface area contributed by atoms with Crippen LogP contribution in [-0.4, -0.2) is 20.4 Å². The number of aryl methyl sites for hydroxylation is 1. The highest BCUT2D eigenvalue weighted by Gasteiger charge is 2.36. The number of nitrogens with zero attached hydrogens (tertiary/aromatic N) is 1. The van der Waals surface area contributed by atoms with Gasteiger partial charge in [0.2, 0.25) is 0 Å². The lowest BCUT2D eigenvalue weighted by atomic mass is 10.1. The van der Waals surface area contributed by atoms with Crippen LogP contribution in [0.25, 0.3) is 0 Å². The topological polar surface area (TPSA) is 63.7 Å². The van der Waals surface area contributed by atoms with Gasteiger partial charge in [-0.25, -0.2) is 13.2 Å². The fraction of sp³-hybridized carbons (Fsp3) is 0.208. The number of hydrogen-bond donors (Lipinski definition) is 0. The minimum Gasteiger partial charge on any atom is -0.457 e. The molecule has 0 amide bonds. The van der Waals surface area contributed by atoms with E-state index in [4.69, 9.17) is 4.74 Å². The summed E-state index contributed by atoms with van der Waals surface area (Å²) < 4.78 is 33.6. The van der Waals surface area contributed by atoms with Crippen molar-refractivity contribution >= 4 is 21.7 Å². The molecule has 1 aliphatic heterocycles. The van der Waals surface area contributed by atoms with E-state index in [1.54, 1.807) is 12.1 Å². The Morgan fingerprint density at radius 1 is 1.03 bits per heavy atom. The van der Waals surface area contributed by atoms with Crippen molar-refractivity contribution in [1.82, 2.24) is 0 Å². The van der Waals surface area contributed by atoms with Gasteiger partial charge in [0.1, 0.15) is 6.61 Å². The second-order valence-corrected chi connectivity index (χ2v) is 9.39. The first-order valence-corrected chi connectivity index (χ1v) is 11.3. The maximum absolute atomic E-state index is 13.4. The lowest BCUT2D eigenvalue weighted by Gasteiger charge is -2.24. The van der Waals surface area contributed by atoms with Gasteiger partial charge in [-0.1, -0.05) is 54.1 Å². The number of para-hydroxylation sites is 1. The molecule has 0 radical (unpaired) electrons.